The van der Waals surface area contributed by atoms with E-state index in [4.69, 9.17) is 10.2 Å². The summed E-state index contributed by atoms with van der Waals surface area (Å²) in [5.74, 6) is -1.89. The van der Waals surface area contributed by atoms with Crippen molar-refractivity contribution in [3.63, 3.8) is 0 Å². The standard InChI is InChI=1S/C15H28N4O5/c1-2-3-16-13(20)10-17-4-6-18(11-14(21)22)8-9-19(7-5-17)12-15(23)24/h2-12H2,1H3,(H,16,20)(H,21,22)(H,23,24). The summed E-state index contributed by atoms with van der Waals surface area (Å²) in [6.07, 6.45) is 0.866. The van der Waals surface area contributed by atoms with Crippen LogP contribution in [0.5, 0.6) is 0 Å². The van der Waals surface area contributed by atoms with Gasteiger partial charge in [0.1, 0.15) is 0 Å². The molecule has 1 rings (SSSR count). The number of carbonyl (C=O) groups is 3. The summed E-state index contributed by atoms with van der Waals surface area (Å²) in [4.78, 5) is 39.3. The lowest BCUT2D eigenvalue weighted by Crippen LogP contribution is -2.43. The molecule has 0 spiro atoms. The molecular weight excluding hydrogens is 316 g/mol. The first-order valence-electron chi connectivity index (χ1n) is 8.28. The van der Waals surface area contributed by atoms with Crippen LogP contribution in [-0.2, 0) is 14.4 Å². The van der Waals surface area contributed by atoms with Crippen molar-refractivity contribution >= 4 is 17.8 Å². The molecule has 1 aliphatic heterocycles. The van der Waals surface area contributed by atoms with E-state index in [1.165, 1.54) is 0 Å². The predicted molar refractivity (Wildman–Crippen MR) is 87.9 cm³/mol. The minimum Gasteiger partial charge on any atom is -0.480 e. The van der Waals surface area contributed by atoms with E-state index in [0.29, 0.717) is 45.8 Å². The number of aliphatic carboxylic acids is 2. The van der Waals surface area contributed by atoms with E-state index in [2.05, 4.69) is 5.32 Å². The third-order valence-electron chi connectivity index (χ3n) is 3.85. The van der Waals surface area contributed by atoms with Gasteiger partial charge in [0.05, 0.1) is 19.6 Å². The van der Waals surface area contributed by atoms with Gasteiger partial charge in [-0.05, 0) is 6.42 Å². The summed E-state index contributed by atoms with van der Waals surface area (Å²) in [5, 5.41) is 20.8. The molecule has 0 aromatic carbocycles. The van der Waals surface area contributed by atoms with Crippen LogP contribution in [0.4, 0.5) is 0 Å². The highest BCUT2D eigenvalue weighted by Gasteiger charge is 2.20. The van der Waals surface area contributed by atoms with Crippen molar-refractivity contribution in [3.8, 4) is 0 Å². The molecule has 1 amide bonds. The maximum Gasteiger partial charge on any atom is 0.317 e. The molecule has 9 heteroatoms. The molecule has 0 saturated carbocycles. The molecule has 0 aromatic rings. The number of carbonyl (C=O) groups excluding carboxylic acids is 1. The van der Waals surface area contributed by atoms with Crippen molar-refractivity contribution in [3.05, 3.63) is 0 Å². The molecule has 1 heterocycles. The second-order valence-electron chi connectivity index (χ2n) is 5.97. The third kappa shape index (κ3) is 8.80. The normalized spacial score (nSPS) is 18.4. The van der Waals surface area contributed by atoms with E-state index in [-0.39, 0.29) is 25.5 Å². The zero-order chi connectivity index (χ0) is 17.9. The minimum absolute atomic E-state index is 0.0642. The van der Waals surface area contributed by atoms with E-state index < -0.39 is 11.9 Å². The average molecular weight is 344 g/mol. The fourth-order valence-electron chi connectivity index (χ4n) is 2.56. The van der Waals surface area contributed by atoms with Crippen LogP contribution in [0.15, 0.2) is 0 Å². The number of nitrogens with zero attached hydrogens (tertiary/aromatic N) is 3. The molecule has 138 valence electrons. The highest BCUT2D eigenvalue weighted by Crippen LogP contribution is 2.01. The first-order chi connectivity index (χ1) is 11.4. The van der Waals surface area contributed by atoms with Crippen LogP contribution in [0.2, 0.25) is 0 Å². The molecule has 9 nitrogen and oxygen atoms in total. The lowest BCUT2D eigenvalue weighted by molar-refractivity contribution is -0.140. The lowest BCUT2D eigenvalue weighted by atomic mass is 10.3. The molecule has 0 atom stereocenters. The van der Waals surface area contributed by atoms with Gasteiger partial charge < -0.3 is 15.5 Å². The number of hydrogen-bond donors (Lipinski definition) is 3. The Kier molecular flexibility index (Phi) is 9.28. The highest BCUT2D eigenvalue weighted by atomic mass is 16.4. The number of rotatable bonds is 8. The number of carboxylic acid groups (broad SMARTS) is 2. The molecule has 0 radical (unpaired) electrons. The van der Waals surface area contributed by atoms with E-state index in [1.807, 2.05) is 11.8 Å². The Balaban J connectivity index is 2.66. The first kappa shape index (κ1) is 20.3. The van der Waals surface area contributed by atoms with Crippen LogP contribution >= 0.6 is 0 Å². The summed E-state index contributed by atoms with van der Waals surface area (Å²) < 4.78 is 0. The van der Waals surface area contributed by atoms with Crippen molar-refractivity contribution in [2.75, 3.05) is 65.4 Å². The minimum atomic E-state index is -0.911. The third-order valence-corrected chi connectivity index (χ3v) is 3.85. The van der Waals surface area contributed by atoms with Crippen LogP contribution in [0.25, 0.3) is 0 Å². The zero-order valence-electron chi connectivity index (χ0n) is 14.2. The molecule has 0 unspecified atom stereocenters. The van der Waals surface area contributed by atoms with Gasteiger partial charge in [-0.2, -0.15) is 0 Å². The fourth-order valence-corrected chi connectivity index (χ4v) is 2.56. The second kappa shape index (κ2) is 11.0. The van der Waals surface area contributed by atoms with E-state index >= 15 is 0 Å². The molecule has 24 heavy (non-hydrogen) atoms. The van der Waals surface area contributed by atoms with Crippen molar-refractivity contribution in [1.29, 1.82) is 0 Å². The summed E-state index contributed by atoms with van der Waals surface area (Å²) in [6, 6.07) is 0. The van der Waals surface area contributed by atoms with Crippen LogP contribution in [0, 0.1) is 0 Å². The van der Waals surface area contributed by atoms with Crippen LogP contribution in [-0.4, -0.2) is 108 Å². The quantitative estimate of drug-likeness (QED) is 0.493. The van der Waals surface area contributed by atoms with Crippen molar-refractivity contribution in [2.24, 2.45) is 0 Å². The van der Waals surface area contributed by atoms with Gasteiger partial charge >= 0.3 is 11.9 Å². The second-order valence-corrected chi connectivity index (χ2v) is 5.97. The average Bonchev–Trinajstić information content (AvgIpc) is 2.58. The van der Waals surface area contributed by atoms with Gasteiger partial charge in [-0.3, -0.25) is 29.1 Å². The summed E-state index contributed by atoms with van der Waals surface area (Å²) in [6.45, 7) is 5.89. The van der Waals surface area contributed by atoms with Gasteiger partial charge in [0.25, 0.3) is 0 Å². The SMILES string of the molecule is CCCNC(=O)CN1CCN(CC(=O)O)CCN(CC(=O)O)CC1. The zero-order valence-corrected chi connectivity index (χ0v) is 14.2. The number of carboxylic acids is 2. The van der Waals surface area contributed by atoms with Gasteiger partial charge in [0.2, 0.25) is 5.91 Å². The molecule has 1 fully saturated rings. The molecular formula is C15H28N4O5. The highest BCUT2D eigenvalue weighted by molar-refractivity contribution is 5.78. The molecule has 0 bridgehead atoms. The summed E-state index contributed by atoms with van der Waals surface area (Å²) >= 11 is 0. The molecule has 0 aromatic heterocycles. The van der Waals surface area contributed by atoms with E-state index in [9.17, 15) is 14.4 Å². The number of nitrogens with one attached hydrogen (secondary N) is 1. The van der Waals surface area contributed by atoms with Gasteiger partial charge in [-0.25, -0.2) is 0 Å². The van der Waals surface area contributed by atoms with Crippen molar-refractivity contribution in [1.82, 2.24) is 20.0 Å². The topological polar surface area (TPSA) is 113 Å². The van der Waals surface area contributed by atoms with E-state index in [0.717, 1.165) is 6.42 Å². The van der Waals surface area contributed by atoms with Crippen LogP contribution < -0.4 is 5.32 Å². The number of amides is 1. The Hall–Kier alpha value is -1.71. The predicted octanol–water partition coefficient (Wildman–Crippen LogP) is -1.40. The molecule has 0 aliphatic carbocycles. The smallest absolute Gasteiger partial charge is 0.317 e. The maximum atomic E-state index is 11.9. The summed E-state index contributed by atoms with van der Waals surface area (Å²) in [7, 11) is 0. The van der Waals surface area contributed by atoms with Crippen LogP contribution in [0.1, 0.15) is 13.3 Å². The Morgan fingerprint density at radius 1 is 0.792 bits per heavy atom. The lowest BCUT2D eigenvalue weighted by Gasteiger charge is -2.24. The summed E-state index contributed by atoms with van der Waals surface area (Å²) in [5.41, 5.74) is 0. The molecule has 1 saturated heterocycles. The largest absolute Gasteiger partial charge is 0.480 e. The maximum absolute atomic E-state index is 11.9. The van der Waals surface area contributed by atoms with Gasteiger partial charge in [0, 0.05) is 45.8 Å². The van der Waals surface area contributed by atoms with Crippen molar-refractivity contribution < 1.29 is 24.6 Å². The van der Waals surface area contributed by atoms with Gasteiger partial charge in [-0.15, -0.1) is 0 Å². The number of hydrogen-bond acceptors (Lipinski definition) is 6. The van der Waals surface area contributed by atoms with Crippen molar-refractivity contribution in [2.45, 2.75) is 13.3 Å². The Bertz CT molecular complexity index is 404. The Morgan fingerprint density at radius 2 is 1.17 bits per heavy atom. The Labute approximate surface area is 142 Å². The first-order valence-corrected chi connectivity index (χ1v) is 8.28. The monoisotopic (exact) mass is 344 g/mol. The molecule has 1 aliphatic rings. The van der Waals surface area contributed by atoms with E-state index in [1.54, 1.807) is 9.80 Å². The van der Waals surface area contributed by atoms with Gasteiger partial charge in [-0.1, -0.05) is 6.92 Å². The Morgan fingerprint density at radius 3 is 1.50 bits per heavy atom. The van der Waals surface area contributed by atoms with Gasteiger partial charge in [0.15, 0.2) is 0 Å². The molecule has 3 N–H and O–H groups in total. The fraction of sp³-hybridized carbons (Fsp3) is 0.800. The van der Waals surface area contributed by atoms with Crippen LogP contribution in [0.3, 0.4) is 0 Å².